The molecule has 2 heteroatoms. The summed E-state index contributed by atoms with van der Waals surface area (Å²) < 4.78 is 0. The second-order valence-electron chi connectivity index (χ2n) is 4.07. The standard InChI is InChI=1S/C12H16ClN/c1-14-12(8-9-2-3-9)10-4-6-11(13)7-5-10/h4-7,9,12,14H,2-3,8H2,1H3. The van der Waals surface area contributed by atoms with Gasteiger partial charge in [-0.25, -0.2) is 0 Å². The Bertz CT molecular complexity index is 290. The topological polar surface area (TPSA) is 12.0 Å². The van der Waals surface area contributed by atoms with E-state index in [-0.39, 0.29) is 0 Å². The summed E-state index contributed by atoms with van der Waals surface area (Å²) in [5.41, 5.74) is 1.35. The Hall–Kier alpha value is -0.530. The van der Waals surface area contributed by atoms with Crippen LogP contribution in [0.3, 0.4) is 0 Å². The average molecular weight is 210 g/mol. The lowest BCUT2D eigenvalue weighted by molar-refractivity contribution is 0.514. The first-order valence-corrected chi connectivity index (χ1v) is 5.60. The normalized spacial score (nSPS) is 18.1. The first-order chi connectivity index (χ1) is 6.79. The van der Waals surface area contributed by atoms with Gasteiger partial charge in [0.15, 0.2) is 0 Å². The predicted molar refractivity (Wildman–Crippen MR) is 60.6 cm³/mol. The minimum absolute atomic E-state index is 0.500. The lowest BCUT2D eigenvalue weighted by Gasteiger charge is -2.16. The van der Waals surface area contributed by atoms with Gasteiger partial charge in [0.25, 0.3) is 0 Å². The summed E-state index contributed by atoms with van der Waals surface area (Å²) in [6, 6.07) is 8.67. The second-order valence-corrected chi connectivity index (χ2v) is 4.51. The molecule has 0 aromatic heterocycles. The van der Waals surface area contributed by atoms with E-state index in [2.05, 4.69) is 17.4 Å². The molecule has 1 fully saturated rings. The van der Waals surface area contributed by atoms with Crippen molar-refractivity contribution in [3.63, 3.8) is 0 Å². The number of nitrogens with one attached hydrogen (secondary N) is 1. The zero-order chi connectivity index (χ0) is 9.97. The minimum atomic E-state index is 0.500. The summed E-state index contributed by atoms with van der Waals surface area (Å²) in [4.78, 5) is 0. The van der Waals surface area contributed by atoms with Gasteiger partial charge in [-0.3, -0.25) is 0 Å². The van der Waals surface area contributed by atoms with Crippen LogP contribution in [0.5, 0.6) is 0 Å². The van der Waals surface area contributed by atoms with Crippen LogP contribution in [0.15, 0.2) is 24.3 Å². The maximum atomic E-state index is 5.86. The molecule has 1 aliphatic rings. The molecule has 14 heavy (non-hydrogen) atoms. The summed E-state index contributed by atoms with van der Waals surface area (Å²) in [6.45, 7) is 0. The van der Waals surface area contributed by atoms with Gasteiger partial charge in [-0.1, -0.05) is 36.6 Å². The van der Waals surface area contributed by atoms with Crippen molar-refractivity contribution in [1.82, 2.24) is 5.32 Å². The summed E-state index contributed by atoms with van der Waals surface area (Å²) in [6.07, 6.45) is 4.08. The Balaban J connectivity index is 2.05. The van der Waals surface area contributed by atoms with Crippen LogP contribution in [0.1, 0.15) is 30.9 Å². The zero-order valence-corrected chi connectivity index (χ0v) is 9.22. The summed E-state index contributed by atoms with van der Waals surface area (Å²) in [5, 5.41) is 4.18. The number of halogens is 1. The van der Waals surface area contributed by atoms with Gasteiger partial charge in [0.05, 0.1) is 0 Å². The molecule has 0 heterocycles. The number of hydrogen-bond donors (Lipinski definition) is 1. The van der Waals surface area contributed by atoms with Crippen molar-refractivity contribution in [1.29, 1.82) is 0 Å². The minimum Gasteiger partial charge on any atom is -0.313 e. The average Bonchev–Trinajstić information content (AvgIpc) is 3.00. The van der Waals surface area contributed by atoms with E-state index >= 15 is 0 Å². The van der Waals surface area contributed by atoms with Crippen LogP contribution in [-0.2, 0) is 0 Å². The summed E-state index contributed by atoms with van der Waals surface area (Å²) in [5.74, 6) is 0.947. The third kappa shape index (κ3) is 2.49. The molecule has 76 valence electrons. The lowest BCUT2D eigenvalue weighted by atomic mass is 10.0. The fourth-order valence-corrected chi connectivity index (χ4v) is 1.93. The van der Waals surface area contributed by atoms with Crippen molar-refractivity contribution in [3.8, 4) is 0 Å². The second kappa shape index (κ2) is 4.33. The van der Waals surface area contributed by atoms with Gasteiger partial charge in [-0.05, 0) is 37.1 Å². The lowest BCUT2D eigenvalue weighted by Crippen LogP contribution is -2.16. The Morgan fingerprint density at radius 3 is 2.50 bits per heavy atom. The molecule has 1 unspecified atom stereocenters. The van der Waals surface area contributed by atoms with Crippen LogP contribution in [0, 0.1) is 5.92 Å². The highest BCUT2D eigenvalue weighted by Gasteiger charge is 2.25. The molecule has 0 spiro atoms. The van der Waals surface area contributed by atoms with Gasteiger partial charge >= 0.3 is 0 Å². The maximum Gasteiger partial charge on any atom is 0.0406 e. The van der Waals surface area contributed by atoms with Crippen LogP contribution in [0.2, 0.25) is 5.02 Å². The van der Waals surface area contributed by atoms with Gasteiger partial charge in [-0.2, -0.15) is 0 Å². The largest absolute Gasteiger partial charge is 0.313 e. The van der Waals surface area contributed by atoms with E-state index in [1.165, 1.54) is 24.8 Å². The van der Waals surface area contributed by atoms with Crippen molar-refractivity contribution in [2.75, 3.05) is 7.05 Å². The molecular weight excluding hydrogens is 194 g/mol. The highest BCUT2D eigenvalue weighted by atomic mass is 35.5. The summed E-state index contributed by atoms with van der Waals surface area (Å²) >= 11 is 5.86. The number of benzene rings is 1. The number of rotatable bonds is 4. The van der Waals surface area contributed by atoms with E-state index in [1.807, 2.05) is 19.2 Å². The van der Waals surface area contributed by atoms with Gasteiger partial charge in [0, 0.05) is 11.1 Å². The van der Waals surface area contributed by atoms with E-state index in [1.54, 1.807) is 0 Å². The quantitative estimate of drug-likeness (QED) is 0.802. The van der Waals surface area contributed by atoms with Crippen molar-refractivity contribution in [2.24, 2.45) is 5.92 Å². The molecule has 1 aromatic rings. The van der Waals surface area contributed by atoms with Gasteiger partial charge in [-0.15, -0.1) is 0 Å². The van der Waals surface area contributed by atoms with Gasteiger partial charge in [0.1, 0.15) is 0 Å². The molecule has 1 nitrogen and oxygen atoms in total. The molecule has 1 saturated carbocycles. The van der Waals surface area contributed by atoms with Crippen molar-refractivity contribution >= 4 is 11.6 Å². The monoisotopic (exact) mass is 209 g/mol. The molecule has 0 aliphatic heterocycles. The van der Waals surface area contributed by atoms with E-state index < -0.39 is 0 Å². The zero-order valence-electron chi connectivity index (χ0n) is 8.46. The Morgan fingerprint density at radius 1 is 1.36 bits per heavy atom. The molecule has 1 atom stereocenters. The van der Waals surface area contributed by atoms with Crippen LogP contribution in [0.25, 0.3) is 0 Å². The molecular formula is C12H16ClN. The van der Waals surface area contributed by atoms with E-state index in [0.717, 1.165) is 10.9 Å². The van der Waals surface area contributed by atoms with E-state index in [9.17, 15) is 0 Å². The Kier molecular flexibility index (Phi) is 3.09. The highest BCUT2D eigenvalue weighted by molar-refractivity contribution is 6.30. The van der Waals surface area contributed by atoms with Crippen LogP contribution in [-0.4, -0.2) is 7.05 Å². The smallest absolute Gasteiger partial charge is 0.0406 e. The van der Waals surface area contributed by atoms with E-state index in [4.69, 9.17) is 11.6 Å². The molecule has 1 N–H and O–H groups in total. The SMILES string of the molecule is CNC(CC1CC1)c1ccc(Cl)cc1. The molecule has 2 rings (SSSR count). The molecule has 1 aromatic carbocycles. The molecule has 0 bridgehead atoms. The van der Waals surface area contributed by atoms with Crippen molar-refractivity contribution in [3.05, 3.63) is 34.9 Å². The third-order valence-corrected chi connectivity index (χ3v) is 3.14. The molecule has 0 radical (unpaired) electrons. The fraction of sp³-hybridized carbons (Fsp3) is 0.500. The number of hydrogen-bond acceptors (Lipinski definition) is 1. The fourth-order valence-electron chi connectivity index (χ4n) is 1.80. The van der Waals surface area contributed by atoms with Gasteiger partial charge in [0.2, 0.25) is 0 Å². The molecule has 0 amide bonds. The predicted octanol–water partition coefficient (Wildman–Crippen LogP) is 3.40. The molecule has 0 saturated heterocycles. The van der Waals surface area contributed by atoms with E-state index in [0.29, 0.717) is 6.04 Å². The van der Waals surface area contributed by atoms with Crippen LogP contribution >= 0.6 is 11.6 Å². The van der Waals surface area contributed by atoms with Crippen LogP contribution in [0.4, 0.5) is 0 Å². The molecule has 1 aliphatic carbocycles. The van der Waals surface area contributed by atoms with Crippen molar-refractivity contribution < 1.29 is 0 Å². The third-order valence-electron chi connectivity index (χ3n) is 2.89. The Labute approximate surface area is 90.5 Å². The maximum absolute atomic E-state index is 5.86. The van der Waals surface area contributed by atoms with Crippen LogP contribution < -0.4 is 5.32 Å². The summed E-state index contributed by atoms with van der Waals surface area (Å²) in [7, 11) is 2.03. The van der Waals surface area contributed by atoms with Gasteiger partial charge < -0.3 is 5.32 Å². The highest BCUT2D eigenvalue weighted by Crippen LogP contribution is 2.37. The Morgan fingerprint density at radius 2 is 2.00 bits per heavy atom. The van der Waals surface area contributed by atoms with Crippen molar-refractivity contribution in [2.45, 2.75) is 25.3 Å². The first kappa shape index (κ1) is 10.0. The first-order valence-electron chi connectivity index (χ1n) is 5.22.